The lowest BCUT2D eigenvalue weighted by atomic mass is 10.3. The van der Waals surface area contributed by atoms with Gasteiger partial charge in [0.15, 0.2) is 5.65 Å². The highest BCUT2D eigenvalue weighted by molar-refractivity contribution is 5.80. The first-order valence-corrected chi connectivity index (χ1v) is 4.96. The Morgan fingerprint density at radius 3 is 2.80 bits per heavy atom. The number of fused-ring (bicyclic) bond motifs is 3. The molecule has 0 aliphatic rings. The molecule has 3 nitrogen and oxygen atoms in total. The molecule has 0 saturated heterocycles. The maximum absolute atomic E-state index is 4.61. The number of imidazole rings is 1. The second-order valence-electron chi connectivity index (χ2n) is 3.80. The Hall–Kier alpha value is -1.90. The van der Waals surface area contributed by atoms with Crippen molar-refractivity contribution in [3.63, 3.8) is 0 Å². The quantitative estimate of drug-likeness (QED) is 0.554. The molecule has 15 heavy (non-hydrogen) atoms. The number of rotatable bonds is 0. The summed E-state index contributed by atoms with van der Waals surface area (Å²) in [4.78, 5) is 8.99. The molecule has 0 spiro atoms. The van der Waals surface area contributed by atoms with E-state index in [1.165, 1.54) is 11.1 Å². The number of hydrogen-bond acceptors (Lipinski definition) is 2. The van der Waals surface area contributed by atoms with Gasteiger partial charge in [-0.2, -0.15) is 0 Å². The van der Waals surface area contributed by atoms with E-state index < -0.39 is 0 Å². The molecule has 0 unspecified atom stereocenters. The zero-order chi connectivity index (χ0) is 10.4. The zero-order valence-electron chi connectivity index (χ0n) is 8.73. The minimum absolute atomic E-state index is 0.939. The Bertz CT molecular complexity index is 596. The van der Waals surface area contributed by atoms with Crippen molar-refractivity contribution in [2.24, 2.45) is 0 Å². The first kappa shape index (κ1) is 8.41. The van der Waals surface area contributed by atoms with E-state index in [-0.39, 0.29) is 0 Å². The first-order valence-electron chi connectivity index (χ1n) is 4.96. The van der Waals surface area contributed by atoms with E-state index in [1.54, 1.807) is 0 Å². The zero-order valence-corrected chi connectivity index (χ0v) is 8.73. The summed E-state index contributed by atoms with van der Waals surface area (Å²) in [6.07, 6.45) is 3.83. The molecule has 0 aromatic carbocycles. The van der Waals surface area contributed by atoms with Crippen LogP contribution in [0.2, 0.25) is 0 Å². The molecular weight excluding hydrogens is 186 g/mol. The Morgan fingerprint density at radius 1 is 1.07 bits per heavy atom. The van der Waals surface area contributed by atoms with Crippen LogP contribution in [0.1, 0.15) is 11.1 Å². The van der Waals surface area contributed by atoms with Gasteiger partial charge in [0.05, 0.1) is 0 Å². The lowest BCUT2D eigenvalue weighted by Gasteiger charge is -1.96. The maximum Gasteiger partial charge on any atom is 0.164 e. The molecule has 74 valence electrons. The van der Waals surface area contributed by atoms with Crippen LogP contribution in [0.4, 0.5) is 0 Å². The Morgan fingerprint density at radius 2 is 1.93 bits per heavy atom. The molecule has 3 rings (SSSR count). The Labute approximate surface area is 87.4 Å². The minimum atomic E-state index is 0.939. The average Bonchev–Trinajstić information content (AvgIpc) is 2.60. The van der Waals surface area contributed by atoms with E-state index in [2.05, 4.69) is 29.9 Å². The fraction of sp³-hybridized carbons (Fsp3) is 0.167. The van der Waals surface area contributed by atoms with Crippen LogP contribution in [0.25, 0.3) is 16.8 Å². The SMILES string of the molecule is Cc1ccnc2c1nc1c(C)cccn12. The van der Waals surface area contributed by atoms with Gasteiger partial charge in [-0.05, 0) is 37.1 Å². The lowest BCUT2D eigenvalue weighted by molar-refractivity contribution is 1.16. The highest BCUT2D eigenvalue weighted by atomic mass is 15.1. The molecule has 3 heteroatoms. The fourth-order valence-electron chi connectivity index (χ4n) is 1.88. The molecule has 0 atom stereocenters. The van der Waals surface area contributed by atoms with E-state index in [4.69, 9.17) is 0 Å². The van der Waals surface area contributed by atoms with Crippen LogP contribution in [0, 0.1) is 13.8 Å². The van der Waals surface area contributed by atoms with Crippen LogP contribution in [0.15, 0.2) is 30.6 Å². The van der Waals surface area contributed by atoms with Gasteiger partial charge in [-0.1, -0.05) is 6.07 Å². The van der Waals surface area contributed by atoms with E-state index >= 15 is 0 Å². The van der Waals surface area contributed by atoms with Crippen LogP contribution in [-0.4, -0.2) is 14.4 Å². The highest BCUT2D eigenvalue weighted by Crippen LogP contribution is 2.19. The summed E-state index contributed by atoms with van der Waals surface area (Å²) in [5.74, 6) is 0. The molecule has 0 N–H and O–H groups in total. The van der Waals surface area contributed by atoms with Gasteiger partial charge in [-0.3, -0.25) is 4.40 Å². The van der Waals surface area contributed by atoms with E-state index in [1.807, 2.05) is 28.9 Å². The summed E-state index contributed by atoms with van der Waals surface area (Å²) in [7, 11) is 0. The van der Waals surface area contributed by atoms with Crippen molar-refractivity contribution in [1.82, 2.24) is 14.4 Å². The Kier molecular flexibility index (Phi) is 1.57. The van der Waals surface area contributed by atoms with Crippen molar-refractivity contribution in [3.8, 4) is 0 Å². The van der Waals surface area contributed by atoms with E-state index in [9.17, 15) is 0 Å². The van der Waals surface area contributed by atoms with Gasteiger partial charge in [-0.15, -0.1) is 0 Å². The van der Waals surface area contributed by atoms with Crippen LogP contribution in [0.3, 0.4) is 0 Å². The topological polar surface area (TPSA) is 30.2 Å². The third-order valence-electron chi connectivity index (χ3n) is 2.71. The van der Waals surface area contributed by atoms with Gasteiger partial charge in [0.25, 0.3) is 0 Å². The fourth-order valence-corrected chi connectivity index (χ4v) is 1.88. The molecule has 3 aromatic rings. The maximum atomic E-state index is 4.61. The number of nitrogens with zero attached hydrogens (tertiary/aromatic N) is 3. The van der Waals surface area contributed by atoms with Crippen molar-refractivity contribution in [3.05, 3.63) is 41.7 Å². The van der Waals surface area contributed by atoms with Crippen molar-refractivity contribution in [2.45, 2.75) is 13.8 Å². The summed E-state index contributed by atoms with van der Waals surface area (Å²) in [6, 6.07) is 6.08. The number of aromatic nitrogens is 3. The standard InChI is InChI=1S/C12H11N3/c1-8-5-6-13-12-10(8)14-11-9(2)4-3-7-15(11)12/h3-7H,1-2H3. The van der Waals surface area contributed by atoms with Gasteiger partial charge >= 0.3 is 0 Å². The summed E-state index contributed by atoms with van der Waals surface area (Å²) < 4.78 is 2.04. The summed E-state index contributed by atoms with van der Waals surface area (Å²) >= 11 is 0. The van der Waals surface area contributed by atoms with Gasteiger partial charge in [0.2, 0.25) is 0 Å². The van der Waals surface area contributed by atoms with Crippen LogP contribution >= 0.6 is 0 Å². The molecule has 0 bridgehead atoms. The van der Waals surface area contributed by atoms with Crippen molar-refractivity contribution in [2.75, 3.05) is 0 Å². The largest absolute Gasteiger partial charge is 0.284 e. The van der Waals surface area contributed by atoms with Crippen molar-refractivity contribution >= 4 is 16.8 Å². The summed E-state index contributed by atoms with van der Waals surface area (Å²) in [6.45, 7) is 4.13. The molecule has 0 aliphatic carbocycles. The van der Waals surface area contributed by atoms with Gasteiger partial charge in [-0.25, -0.2) is 9.97 Å². The molecule has 3 aromatic heterocycles. The van der Waals surface area contributed by atoms with Gasteiger partial charge in [0.1, 0.15) is 11.2 Å². The van der Waals surface area contributed by atoms with Crippen molar-refractivity contribution in [1.29, 1.82) is 0 Å². The smallest absolute Gasteiger partial charge is 0.164 e. The summed E-state index contributed by atoms with van der Waals surface area (Å²) in [5.41, 5.74) is 5.27. The monoisotopic (exact) mass is 197 g/mol. The molecule has 0 saturated carbocycles. The van der Waals surface area contributed by atoms with E-state index in [0.29, 0.717) is 0 Å². The van der Waals surface area contributed by atoms with Crippen LogP contribution < -0.4 is 0 Å². The van der Waals surface area contributed by atoms with Crippen molar-refractivity contribution < 1.29 is 0 Å². The predicted molar refractivity (Wildman–Crippen MR) is 60.0 cm³/mol. The van der Waals surface area contributed by atoms with Gasteiger partial charge in [0, 0.05) is 12.4 Å². The highest BCUT2D eigenvalue weighted by Gasteiger charge is 2.07. The first-order chi connectivity index (χ1) is 7.27. The molecular formula is C12H11N3. The third-order valence-corrected chi connectivity index (χ3v) is 2.71. The number of hydrogen-bond donors (Lipinski definition) is 0. The number of aryl methyl sites for hydroxylation is 2. The molecule has 0 aliphatic heterocycles. The Balaban J connectivity index is 2.63. The van der Waals surface area contributed by atoms with E-state index in [0.717, 1.165) is 16.8 Å². The summed E-state index contributed by atoms with van der Waals surface area (Å²) in [5, 5.41) is 0. The normalized spacial score (nSPS) is 11.3. The molecule has 0 fully saturated rings. The lowest BCUT2D eigenvalue weighted by Crippen LogP contribution is -1.87. The van der Waals surface area contributed by atoms with Crippen LogP contribution in [-0.2, 0) is 0 Å². The second kappa shape index (κ2) is 2.79. The minimum Gasteiger partial charge on any atom is -0.284 e. The molecule has 0 radical (unpaired) electrons. The number of pyridine rings is 2. The van der Waals surface area contributed by atoms with Crippen LogP contribution in [0.5, 0.6) is 0 Å². The predicted octanol–water partition coefficient (Wildman–Crippen LogP) is 2.50. The average molecular weight is 197 g/mol. The third kappa shape index (κ3) is 1.06. The molecule has 3 heterocycles. The van der Waals surface area contributed by atoms with Gasteiger partial charge < -0.3 is 0 Å². The molecule has 0 amide bonds. The second-order valence-corrected chi connectivity index (χ2v) is 3.80.